The summed E-state index contributed by atoms with van der Waals surface area (Å²) in [5, 5.41) is 1.77. The van der Waals surface area contributed by atoms with E-state index in [1.54, 1.807) is 5.06 Å². The smallest absolute Gasteiger partial charge is 0.238 e. The zero-order chi connectivity index (χ0) is 16.2. The minimum Gasteiger partial charge on any atom is -0.238 e. The van der Waals surface area contributed by atoms with Crippen LogP contribution in [0.2, 0.25) is 0 Å². The fourth-order valence-corrected chi connectivity index (χ4v) is 2.95. The molecule has 4 heteroatoms. The Balaban J connectivity index is 1.94. The van der Waals surface area contributed by atoms with Crippen LogP contribution in [0.3, 0.4) is 0 Å². The lowest BCUT2D eigenvalue weighted by Crippen LogP contribution is -2.53. The molecule has 1 heterocycles. The monoisotopic (exact) mass is 319 g/mol. The molecule has 0 atom stereocenters. The van der Waals surface area contributed by atoms with Crippen molar-refractivity contribution in [1.29, 1.82) is 0 Å². The Labute approximate surface area is 140 Å². The molecular weight excluding hydrogens is 302 g/mol. The second kappa shape index (κ2) is 6.45. The van der Waals surface area contributed by atoms with E-state index in [0.717, 1.165) is 16.8 Å². The van der Waals surface area contributed by atoms with Crippen LogP contribution in [0.4, 0.5) is 5.69 Å². The summed E-state index contributed by atoms with van der Waals surface area (Å²) in [6.07, 6.45) is 0. The first-order chi connectivity index (χ1) is 11.9. The van der Waals surface area contributed by atoms with E-state index in [1.165, 1.54) is 0 Å². The maximum atomic E-state index is 5.91. The molecule has 0 spiro atoms. The average molecular weight is 319 g/mol. The summed E-state index contributed by atoms with van der Waals surface area (Å²) in [4.78, 5) is 17.1. The molecular formula is C20H17NO3. The van der Waals surface area contributed by atoms with Crippen LogP contribution in [-0.2, 0) is 20.3 Å². The summed E-state index contributed by atoms with van der Waals surface area (Å²) < 4.78 is 0. The minimum atomic E-state index is -1.03. The Morgan fingerprint density at radius 1 is 0.667 bits per heavy atom. The van der Waals surface area contributed by atoms with Crippen molar-refractivity contribution in [2.45, 2.75) is 5.72 Å². The van der Waals surface area contributed by atoms with Crippen molar-refractivity contribution in [3.63, 3.8) is 0 Å². The first-order valence-electron chi connectivity index (χ1n) is 7.81. The van der Waals surface area contributed by atoms with E-state index in [2.05, 4.69) is 0 Å². The van der Waals surface area contributed by atoms with Gasteiger partial charge in [-0.2, -0.15) is 4.89 Å². The molecule has 0 aliphatic carbocycles. The summed E-state index contributed by atoms with van der Waals surface area (Å²) in [5.74, 6) is 0. The normalized spacial score (nSPS) is 16.8. The van der Waals surface area contributed by atoms with Gasteiger partial charge in [0.15, 0.2) is 0 Å². The van der Waals surface area contributed by atoms with Gasteiger partial charge >= 0.3 is 0 Å². The summed E-state index contributed by atoms with van der Waals surface area (Å²) >= 11 is 0. The highest BCUT2D eigenvalue weighted by molar-refractivity contribution is 5.52. The molecule has 4 rings (SSSR count). The Morgan fingerprint density at radius 3 is 1.71 bits per heavy atom. The standard InChI is InChI=1S/C20H17NO3/c1-4-10-17(11-5-1)20(18-12-6-2-7-13-18)21(22-16-23-24-20)19-14-8-3-9-15-19/h1-15H,16H2. The Bertz CT molecular complexity index is 738. The number of para-hydroxylation sites is 1. The second-order valence-electron chi connectivity index (χ2n) is 5.45. The van der Waals surface area contributed by atoms with Crippen LogP contribution in [-0.4, -0.2) is 6.79 Å². The van der Waals surface area contributed by atoms with Gasteiger partial charge in [0.2, 0.25) is 12.5 Å². The first kappa shape index (κ1) is 14.9. The average Bonchev–Trinajstić information content (AvgIpc) is 2.70. The molecule has 3 aromatic rings. The topological polar surface area (TPSA) is 30.9 Å². The molecule has 24 heavy (non-hydrogen) atoms. The van der Waals surface area contributed by atoms with Gasteiger partial charge in [0.25, 0.3) is 0 Å². The lowest BCUT2D eigenvalue weighted by Gasteiger charge is -2.45. The quantitative estimate of drug-likeness (QED) is 0.676. The van der Waals surface area contributed by atoms with E-state index >= 15 is 0 Å². The molecule has 1 saturated heterocycles. The van der Waals surface area contributed by atoms with Crippen LogP contribution >= 0.6 is 0 Å². The number of hydrogen-bond acceptors (Lipinski definition) is 4. The van der Waals surface area contributed by atoms with Gasteiger partial charge in [-0.3, -0.25) is 0 Å². The number of rotatable bonds is 3. The van der Waals surface area contributed by atoms with Crippen molar-refractivity contribution in [3.8, 4) is 0 Å². The van der Waals surface area contributed by atoms with Gasteiger partial charge in [-0.05, 0) is 12.1 Å². The van der Waals surface area contributed by atoms with E-state index in [9.17, 15) is 0 Å². The Hall–Kier alpha value is -2.66. The number of nitrogens with zero attached hydrogens (tertiary/aromatic N) is 1. The molecule has 1 aliphatic heterocycles. The molecule has 0 saturated carbocycles. The fraction of sp³-hybridized carbons (Fsp3) is 0.100. The molecule has 120 valence electrons. The summed E-state index contributed by atoms with van der Waals surface area (Å²) in [6.45, 7) is 0.0241. The predicted molar refractivity (Wildman–Crippen MR) is 90.7 cm³/mol. The molecule has 1 aliphatic rings. The fourth-order valence-electron chi connectivity index (χ4n) is 2.95. The van der Waals surface area contributed by atoms with Gasteiger partial charge < -0.3 is 0 Å². The van der Waals surface area contributed by atoms with Crippen molar-refractivity contribution < 1.29 is 14.6 Å². The lowest BCUT2D eigenvalue weighted by molar-refractivity contribution is -0.439. The predicted octanol–water partition coefficient (Wildman–Crippen LogP) is 4.25. The van der Waals surface area contributed by atoms with Crippen LogP contribution in [0.5, 0.6) is 0 Å². The van der Waals surface area contributed by atoms with Gasteiger partial charge in [0.05, 0.1) is 5.69 Å². The molecule has 1 fully saturated rings. The first-order valence-corrected chi connectivity index (χ1v) is 7.81. The number of hydrogen-bond donors (Lipinski definition) is 0. The molecule has 0 bridgehead atoms. The van der Waals surface area contributed by atoms with Crippen LogP contribution in [0, 0.1) is 0 Å². The van der Waals surface area contributed by atoms with E-state index in [0.29, 0.717) is 0 Å². The van der Waals surface area contributed by atoms with Crippen molar-refractivity contribution in [1.82, 2.24) is 0 Å². The minimum absolute atomic E-state index is 0.0241. The van der Waals surface area contributed by atoms with Crippen molar-refractivity contribution >= 4 is 5.69 Å². The highest BCUT2D eigenvalue weighted by Crippen LogP contribution is 2.42. The Kier molecular flexibility index (Phi) is 4.01. The van der Waals surface area contributed by atoms with Gasteiger partial charge in [-0.25, -0.2) is 14.8 Å². The van der Waals surface area contributed by atoms with Gasteiger partial charge in [0.1, 0.15) is 0 Å². The third-order valence-corrected chi connectivity index (χ3v) is 4.02. The molecule has 0 N–H and O–H groups in total. The SMILES string of the molecule is c1ccc(N2OCOOC2(c2ccccc2)c2ccccc2)cc1. The highest BCUT2D eigenvalue weighted by atomic mass is 17.3. The van der Waals surface area contributed by atoms with Crippen LogP contribution in [0.15, 0.2) is 91.0 Å². The second-order valence-corrected chi connectivity index (χ2v) is 5.45. The summed E-state index contributed by atoms with van der Waals surface area (Å²) in [6, 6.07) is 29.7. The number of hydroxylamine groups is 1. The third-order valence-electron chi connectivity index (χ3n) is 4.02. The van der Waals surface area contributed by atoms with Crippen LogP contribution < -0.4 is 5.06 Å². The molecule has 0 aromatic heterocycles. The van der Waals surface area contributed by atoms with Crippen molar-refractivity contribution in [2.24, 2.45) is 0 Å². The van der Waals surface area contributed by atoms with Gasteiger partial charge in [0, 0.05) is 11.1 Å². The maximum absolute atomic E-state index is 5.91. The van der Waals surface area contributed by atoms with Crippen LogP contribution in [0.1, 0.15) is 11.1 Å². The lowest BCUT2D eigenvalue weighted by atomic mass is 9.93. The molecule has 0 amide bonds. The number of benzene rings is 3. The third kappa shape index (κ3) is 2.47. The Morgan fingerprint density at radius 2 is 1.17 bits per heavy atom. The molecule has 3 aromatic carbocycles. The zero-order valence-electron chi connectivity index (χ0n) is 13.0. The molecule has 0 unspecified atom stereocenters. The van der Waals surface area contributed by atoms with Gasteiger partial charge in [-0.1, -0.05) is 78.9 Å². The number of anilines is 1. The van der Waals surface area contributed by atoms with E-state index < -0.39 is 5.72 Å². The highest BCUT2D eigenvalue weighted by Gasteiger charge is 2.47. The van der Waals surface area contributed by atoms with Crippen molar-refractivity contribution in [3.05, 3.63) is 102 Å². The molecule has 0 radical (unpaired) electrons. The van der Waals surface area contributed by atoms with E-state index in [-0.39, 0.29) is 6.79 Å². The van der Waals surface area contributed by atoms with Crippen molar-refractivity contribution in [2.75, 3.05) is 11.9 Å². The maximum Gasteiger partial charge on any atom is 0.249 e. The van der Waals surface area contributed by atoms with Gasteiger partial charge in [-0.15, -0.1) is 0 Å². The largest absolute Gasteiger partial charge is 0.249 e. The summed E-state index contributed by atoms with van der Waals surface area (Å²) in [5.41, 5.74) is 1.69. The zero-order valence-corrected chi connectivity index (χ0v) is 13.0. The summed E-state index contributed by atoms with van der Waals surface area (Å²) in [7, 11) is 0. The molecule has 4 nitrogen and oxygen atoms in total. The van der Waals surface area contributed by atoms with Crippen LogP contribution in [0.25, 0.3) is 0 Å². The van der Waals surface area contributed by atoms with E-state index in [4.69, 9.17) is 14.6 Å². The van der Waals surface area contributed by atoms with E-state index in [1.807, 2.05) is 91.0 Å².